The standard InChI is InChI=1S/C14H9F3N2O4/c15-14(16,17)13(9-1-5-11(6-2-9)18(20)21)10-3-7-12(8-4-10)19(22)23/h1-8,13H. The van der Waals surface area contributed by atoms with Crippen molar-refractivity contribution in [3.8, 4) is 0 Å². The minimum atomic E-state index is -4.65. The molecule has 0 amide bonds. The van der Waals surface area contributed by atoms with Crippen molar-refractivity contribution in [2.45, 2.75) is 12.1 Å². The van der Waals surface area contributed by atoms with Crippen LogP contribution in [0.5, 0.6) is 0 Å². The monoisotopic (exact) mass is 326 g/mol. The summed E-state index contributed by atoms with van der Waals surface area (Å²) >= 11 is 0. The molecule has 0 radical (unpaired) electrons. The van der Waals surface area contributed by atoms with Crippen LogP contribution in [0.2, 0.25) is 0 Å². The maximum Gasteiger partial charge on any atom is 0.399 e. The van der Waals surface area contributed by atoms with Crippen molar-refractivity contribution >= 4 is 11.4 Å². The highest BCUT2D eigenvalue weighted by molar-refractivity contribution is 5.42. The van der Waals surface area contributed by atoms with E-state index in [0.29, 0.717) is 0 Å². The maximum atomic E-state index is 13.3. The van der Waals surface area contributed by atoms with E-state index in [0.717, 1.165) is 48.5 Å². The lowest BCUT2D eigenvalue weighted by Crippen LogP contribution is -2.22. The van der Waals surface area contributed by atoms with Crippen LogP contribution in [-0.4, -0.2) is 16.0 Å². The number of nitrogens with zero attached hydrogens (tertiary/aromatic N) is 2. The molecule has 2 aromatic rings. The van der Waals surface area contributed by atoms with E-state index in [2.05, 4.69) is 0 Å². The third-order valence-electron chi connectivity index (χ3n) is 3.20. The van der Waals surface area contributed by atoms with Gasteiger partial charge in [0, 0.05) is 24.3 Å². The third-order valence-corrected chi connectivity index (χ3v) is 3.20. The van der Waals surface area contributed by atoms with E-state index in [1.165, 1.54) is 0 Å². The average molecular weight is 326 g/mol. The molecule has 0 atom stereocenters. The van der Waals surface area contributed by atoms with Crippen molar-refractivity contribution in [1.29, 1.82) is 0 Å². The zero-order valence-corrected chi connectivity index (χ0v) is 11.4. The molecule has 0 aliphatic carbocycles. The first-order valence-corrected chi connectivity index (χ1v) is 6.25. The Morgan fingerprint density at radius 1 is 0.739 bits per heavy atom. The average Bonchev–Trinajstić information content (AvgIpc) is 2.47. The molecule has 0 N–H and O–H groups in total. The number of nitro groups is 2. The molecule has 120 valence electrons. The van der Waals surface area contributed by atoms with Crippen LogP contribution in [0, 0.1) is 20.2 Å². The van der Waals surface area contributed by atoms with Crippen LogP contribution in [0.3, 0.4) is 0 Å². The van der Waals surface area contributed by atoms with Crippen molar-refractivity contribution in [2.75, 3.05) is 0 Å². The van der Waals surface area contributed by atoms with Crippen LogP contribution in [0.1, 0.15) is 17.0 Å². The molecule has 2 rings (SSSR count). The Morgan fingerprint density at radius 3 is 1.26 bits per heavy atom. The molecule has 0 saturated carbocycles. The Bertz CT molecular complexity index is 670. The lowest BCUT2D eigenvalue weighted by atomic mass is 9.90. The van der Waals surface area contributed by atoms with E-state index in [9.17, 15) is 33.4 Å². The molecule has 2 aromatic carbocycles. The third kappa shape index (κ3) is 3.62. The van der Waals surface area contributed by atoms with Crippen LogP contribution in [0.4, 0.5) is 24.5 Å². The number of non-ortho nitro benzene ring substituents is 2. The van der Waals surface area contributed by atoms with Crippen LogP contribution in [0.25, 0.3) is 0 Å². The van der Waals surface area contributed by atoms with E-state index in [-0.39, 0.29) is 22.5 Å². The number of hydrogen-bond donors (Lipinski definition) is 0. The van der Waals surface area contributed by atoms with E-state index in [4.69, 9.17) is 0 Å². The Hall–Kier alpha value is -2.97. The van der Waals surface area contributed by atoms with Crippen molar-refractivity contribution in [3.63, 3.8) is 0 Å². The summed E-state index contributed by atoms with van der Waals surface area (Å²) < 4.78 is 40.0. The fourth-order valence-electron chi connectivity index (χ4n) is 2.15. The molecule has 0 unspecified atom stereocenters. The lowest BCUT2D eigenvalue weighted by Gasteiger charge is -2.21. The zero-order valence-electron chi connectivity index (χ0n) is 11.4. The minimum absolute atomic E-state index is 0.183. The van der Waals surface area contributed by atoms with Gasteiger partial charge in [-0.05, 0) is 11.1 Å². The zero-order chi connectivity index (χ0) is 17.2. The van der Waals surface area contributed by atoms with Crippen molar-refractivity contribution < 1.29 is 23.0 Å². The lowest BCUT2D eigenvalue weighted by molar-refractivity contribution is -0.385. The van der Waals surface area contributed by atoms with E-state index >= 15 is 0 Å². The molecule has 0 heterocycles. The van der Waals surface area contributed by atoms with Gasteiger partial charge in [0.2, 0.25) is 0 Å². The summed E-state index contributed by atoms with van der Waals surface area (Å²) in [5.74, 6) is -2.02. The Kier molecular flexibility index (Phi) is 4.30. The first kappa shape index (κ1) is 16.4. The van der Waals surface area contributed by atoms with Crippen molar-refractivity contribution in [2.24, 2.45) is 0 Å². The summed E-state index contributed by atoms with van der Waals surface area (Å²) in [7, 11) is 0. The predicted molar refractivity (Wildman–Crippen MR) is 74.1 cm³/mol. The highest BCUT2D eigenvalue weighted by Gasteiger charge is 2.42. The molecule has 0 aromatic heterocycles. The maximum absolute atomic E-state index is 13.3. The van der Waals surface area contributed by atoms with Gasteiger partial charge in [-0.2, -0.15) is 13.2 Å². The van der Waals surface area contributed by atoms with Gasteiger partial charge in [-0.15, -0.1) is 0 Å². The number of nitro benzene ring substituents is 2. The summed E-state index contributed by atoms with van der Waals surface area (Å²) in [5.41, 5.74) is -1.01. The predicted octanol–water partition coefficient (Wildman–Crippen LogP) is 4.20. The van der Waals surface area contributed by atoms with Gasteiger partial charge in [0.25, 0.3) is 11.4 Å². The SMILES string of the molecule is O=[N+]([O-])c1ccc(C(c2ccc([N+](=O)[O-])cc2)C(F)(F)F)cc1. The Balaban J connectivity index is 2.45. The quantitative estimate of drug-likeness (QED) is 0.622. The number of hydrogen-bond acceptors (Lipinski definition) is 4. The molecule has 0 spiro atoms. The van der Waals surface area contributed by atoms with Crippen LogP contribution in [0.15, 0.2) is 48.5 Å². The fraction of sp³-hybridized carbons (Fsp3) is 0.143. The van der Waals surface area contributed by atoms with E-state index in [1.807, 2.05) is 0 Å². The second kappa shape index (κ2) is 6.03. The highest BCUT2D eigenvalue weighted by atomic mass is 19.4. The number of alkyl halides is 3. The van der Waals surface area contributed by atoms with Gasteiger partial charge in [-0.3, -0.25) is 20.2 Å². The van der Waals surface area contributed by atoms with Gasteiger partial charge in [-0.25, -0.2) is 0 Å². The van der Waals surface area contributed by atoms with Crippen LogP contribution in [-0.2, 0) is 0 Å². The van der Waals surface area contributed by atoms with E-state index < -0.39 is 21.9 Å². The first-order chi connectivity index (χ1) is 10.7. The molecular weight excluding hydrogens is 317 g/mol. The molecule has 23 heavy (non-hydrogen) atoms. The summed E-state index contributed by atoms with van der Waals surface area (Å²) in [6, 6.07) is 8.04. The van der Waals surface area contributed by atoms with Crippen LogP contribution < -0.4 is 0 Å². The molecular formula is C14H9F3N2O4. The smallest absolute Gasteiger partial charge is 0.258 e. The normalized spacial score (nSPS) is 11.5. The van der Waals surface area contributed by atoms with Gasteiger partial charge in [-0.1, -0.05) is 24.3 Å². The Labute approximate surface area is 127 Å². The summed E-state index contributed by atoms with van der Waals surface area (Å²) in [6.45, 7) is 0. The number of benzene rings is 2. The molecule has 0 saturated heterocycles. The molecule has 0 bridgehead atoms. The van der Waals surface area contributed by atoms with Crippen molar-refractivity contribution in [3.05, 3.63) is 79.9 Å². The molecule has 6 nitrogen and oxygen atoms in total. The minimum Gasteiger partial charge on any atom is -0.258 e. The largest absolute Gasteiger partial charge is 0.399 e. The molecule has 0 aliphatic heterocycles. The molecule has 9 heteroatoms. The Morgan fingerprint density at radius 2 is 1.04 bits per heavy atom. The van der Waals surface area contributed by atoms with Crippen molar-refractivity contribution in [1.82, 2.24) is 0 Å². The summed E-state index contributed by atoms with van der Waals surface area (Å²) in [6.07, 6.45) is -4.65. The van der Waals surface area contributed by atoms with Gasteiger partial charge >= 0.3 is 6.18 Å². The van der Waals surface area contributed by atoms with E-state index in [1.54, 1.807) is 0 Å². The number of rotatable bonds is 4. The van der Waals surface area contributed by atoms with Crippen LogP contribution >= 0.6 is 0 Å². The van der Waals surface area contributed by atoms with Gasteiger partial charge < -0.3 is 0 Å². The first-order valence-electron chi connectivity index (χ1n) is 6.25. The fourth-order valence-corrected chi connectivity index (χ4v) is 2.15. The topological polar surface area (TPSA) is 86.3 Å². The summed E-state index contributed by atoms with van der Waals surface area (Å²) in [5, 5.41) is 21.1. The highest BCUT2D eigenvalue weighted by Crippen LogP contribution is 2.40. The van der Waals surface area contributed by atoms with Gasteiger partial charge in [0.1, 0.15) is 5.92 Å². The summed E-state index contributed by atoms with van der Waals surface area (Å²) in [4.78, 5) is 19.7. The second-order valence-corrected chi connectivity index (χ2v) is 4.67. The number of halogens is 3. The second-order valence-electron chi connectivity index (χ2n) is 4.67. The molecule has 0 fully saturated rings. The van der Waals surface area contributed by atoms with Gasteiger partial charge in [0.05, 0.1) is 9.85 Å². The van der Waals surface area contributed by atoms with Gasteiger partial charge in [0.15, 0.2) is 0 Å². The molecule has 0 aliphatic rings.